The van der Waals surface area contributed by atoms with Crippen LogP contribution in [0, 0.1) is 17.1 Å². The fourth-order valence-electron chi connectivity index (χ4n) is 1.79. The van der Waals surface area contributed by atoms with Gasteiger partial charge in [-0.15, -0.1) is 0 Å². The van der Waals surface area contributed by atoms with Crippen LogP contribution >= 0.6 is 0 Å². The molecule has 1 N–H and O–H groups in total. The van der Waals surface area contributed by atoms with Crippen LogP contribution in [0.25, 0.3) is 0 Å². The van der Waals surface area contributed by atoms with Crippen LogP contribution in [0.5, 0.6) is 5.75 Å². The highest BCUT2D eigenvalue weighted by Crippen LogP contribution is 2.19. The smallest absolute Gasteiger partial charge is 0.123 e. The summed E-state index contributed by atoms with van der Waals surface area (Å²) in [6, 6.07) is 13.0. The molecule has 0 fully saturated rings. The first-order chi connectivity index (χ1) is 9.60. The quantitative estimate of drug-likeness (QED) is 0.928. The Bertz CT molecular complexity index is 630. The number of rotatable bonds is 4. The number of aliphatic hydroxyl groups excluding tert-OH is 1. The van der Waals surface area contributed by atoms with Gasteiger partial charge in [-0.2, -0.15) is 5.26 Å². The van der Waals surface area contributed by atoms with E-state index in [2.05, 4.69) is 0 Å². The fourth-order valence-corrected chi connectivity index (χ4v) is 1.79. The second-order valence-electron chi connectivity index (χ2n) is 4.45. The lowest BCUT2D eigenvalue weighted by Crippen LogP contribution is -1.99. The number of benzene rings is 2. The van der Waals surface area contributed by atoms with E-state index >= 15 is 0 Å². The van der Waals surface area contributed by atoms with Gasteiger partial charge >= 0.3 is 0 Å². The van der Waals surface area contributed by atoms with Gasteiger partial charge in [0.05, 0.1) is 17.7 Å². The van der Waals surface area contributed by atoms with Gasteiger partial charge in [0.1, 0.15) is 18.2 Å². The van der Waals surface area contributed by atoms with Gasteiger partial charge in [0.2, 0.25) is 0 Å². The molecule has 0 aliphatic carbocycles. The first-order valence-corrected chi connectivity index (χ1v) is 6.19. The topological polar surface area (TPSA) is 53.2 Å². The molecule has 0 amide bonds. The summed E-state index contributed by atoms with van der Waals surface area (Å²) in [4.78, 5) is 0. The Morgan fingerprint density at radius 3 is 2.55 bits per heavy atom. The van der Waals surface area contributed by atoms with Gasteiger partial charge in [-0.25, -0.2) is 4.39 Å². The molecule has 1 atom stereocenters. The summed E-state index contributed by atoms with van der Waals surface area (Å²) in [6.07, 6.45) is -0.530. The lowest BCUT2D eigenvalue weighted by Gasteiger charge is -2.09. The second-order valence-corrected chi connectivity index (χ2v) is 4.45. The van der Waals surface area contributed by atoms with Gasteiger partial charge in [-0.05, 0) is 42.8 Å². The summed E-state index contributed by atoms with van der Waals surface area (Å²) in [6.45, 7) is 1.80. The Kier molecular flexibility index (Phi) is 4.34. The molecule has 0 aromatic heterocycles. The van der Waals surface area contributed by atoms with E-state index < -0.39 is 11.9 Å². The maximum atomic E-state index is 13.2. The molecule has 2 rings (SSSR count). The number of nitrogens with zero attached hydrogens (tertiary/aromatic N) is 1. The molecule has 2 aromatic rings. The van der Waals surface area contributed by atoms with Crippen LogP contribution in [0.15, 0.2) is 42.5 Å². The molecule has 0 bridgehead atoms. The molecule has 0 aliphatic rings. The standard InChI is InChI=1S/C16H14FNO2/c1-11(19)12-3-6-16(7-4-12)20-10-14-8-15(17)5-2-13(14)9-18/h2-8,11,19H,10H2,1H3/t11-/m0/s1. The van der Waals surface area contributed by atoms with E-state index in [0.717, 1.165) is 5.56 Å². The van der Waals surface area contributed by atoms with Crippen molar-refractivity contribution in [3.05, 3.63) is 65.0 Å². The molecule has 0 saturated carbocycles. The summed E-state index contributed by atoms with van der Waals surface area (Å²) >= 11 is 0. The SMILES string of the molecule is C[C@H](O)c1ccc(OCc2cc(F)ccc2C#N)cc1. The molecule has 3 nitrogen and oxygen atoms in total. The Morgan fingerprint density at radius 2 is 1.95 bits per heavy atom. The van der Waals surface area contributed by atoms with Crippen molar-refractivity contribution >= 4 is 0 Å². The largest absolute Gasteiger partial charge is 0.489 e. The molecule has 0 aliphatic heterocycles. The first-order valence-electron chi connectivity index (χ1n) is 6.19. The molecule has 0 unspecified atom stereocenters. The van der Waals surface area contributed by atoms with Crippen LogP contribution < -0.4 is 4.74 Å². The summed E-state index contributed by atoms with van der Waals surface area (Å²) < 4.78 is 18.7. The van der Waals surface area contributed by atoms with E-state index in [4.69, 9.17) is 10.00 Å². The van der Waals surface area contributed by atoms with E-state index in [1.807, 2.05) is 6.07 Å². The van der Waals surface area contributed by atoms with Crippen molar-refractivity contribution in [1.29, 1.82) is 5.26 Å². The maximum Gasteiger partial charge on any atom is 0.123 e. The fraction of sp³-hybridized carbons (Fsp3) is 0.188. The predicted octanol–water partition coefficient (Wildman–Crippen LogP) is 3.33. The molecular formula is C16H14FNO2. The van der Waals surface area contributed by atoms with E-state index in [1.165, 1.54) is 18.2 Å². The summed E-state index contributed by atoms with van der Waals surface area (Å²) in [5, 5.41) is 18.4. The number of halogens is 1. The monoisotopic (exact) mass is 271 g/mol. The summed E-state index contributed by atoms with van der Waals surface area (Å²) in [5.74, 6) is 0.203. The molecular weight excluding hydrogens is 257 g/mol. The van der Waals surface area contributed by atoms with E-state index in [-0.39, 0.29) is 6.61 Å². The van der Waals surface area contributed by atoms with Crippen LogP contribution in [-0.2, 0) is 6.61 Å². The third-order valence-corrected chi connectivity index (χ3v) is 2.94. The zero-order chi connectivity index (χ0) is 14.5. The minimum absolute atomic E-state index is 0.120. The third kappa shape index (κ3) is 3.34. The molecule has 4 heteroatoms. The second kappa shape index (κ2) is 6.18. The van der Waals surface area contributed by atoms with E-state index in [1.54, 1.807) is 31.2 Å². The van der Waals surface area contributed by atoms with Gasteiger partial charge in [0, 0.05) is 5.56 Å². The molecule has 20 heavy (non-hydrogen) atoms. The molecule has 0 saturated heterocycles. The van der Waals surface area contributed by atoms with Crippen molar-refractivity contribution < 1.29 is 14.2 Å². The van der Waals surface area contributed by atoms with Gasteiger partial charge in [0.15, 0.2) is 0 Å². The zero-order valence-corrected chi connectivity index (χ0v) is 11.0. The maximum absolute atomic E-state index is 13.2. The van der Waals surface area contributed by atoms with Crippen molar-refractivity contribution in [2.75, 3.05) is 0 Å². The highest BCUT2D eigenvalue weighted by molar-refractivity contribution is 5.38. The number of hydrogen-bond acceptors (Lipinski definition) is 3. The van der Waals surface area contributed by atoms with E-state index in [0.29, 0.717) is 16.9 Å². The molecule has 0 radical (unpaired) electrons. The number of ether oxygens (including phenoxy) is 1. The van der Waals surface area contributed by atoms with Crippen LogP contribution in [0.2, 0.25) is 0 Å². The van der Waals surface area contributed by atoms with Crippen LogP contribution in [0.4, 0.5) is 4.39 Å². The van der Waals surface area contributed by atoms with Gasteiger partial charge in [-0.3, -0.25) is 0 Å². The number of nitriles is 1. The summed E-state index contributed by atoms with van der Waals surface area (Å²) in [5.41, 5.74) is 1.69. The summed E-state index contributed by atoms with van der Waals surface area (Å²) in [7, 11) is 0. The van der Waals surface area contributed by atoms with Gasteiger partial charge < -0.3 is 9.84 Å². The minimum Gasteiger partial charge on any atom is -0.489 e. The van der Waals surface area contributed by atoms with Crippen LogP contribution in [-0.4, -0.2) is 5.11 Å². The molecule has 0 heterocycles. The Morgan fingerprint density at radius 1 is 1.25 bits per heavy atom. The van der Waals surface area contributed by atoms with Crippen molar-refractivity contribution in [2.24, 2.45) is 0 Å². The predicted molar refractivity (Wildman–Crippen MR) is 72.5 cm³/mol. The van der Waals surface area contributed by atoms with Crippen molar-refractivity contribution in [2.45, 2.75) is 19.6 Å². The highest BCUT2D eigenvalue weighted by atomic mass is 19.1. The molecule has 102 valence electrons. The Hall–Kier alpha value is -2.38. The van der Waals surface area contributed by atoms with Crippen molar-refractivity contribution in [3.63, 3.8) is 0 Å². The molecule has 0 spiro atoms. The highest BCUT2D eigenvalue weighted by Gasteiger charge is 2.05. The zero-order valence-electron chi connectivity index (χ0n) is 11.0. The minimum atomic E-state index is -0.530. The normalized spacial score (nSPS) is 11.7. The van der Waals surface area contributed by atoms with Crippen molar-refractivity contribution in [3.8, 4) is 11.8 Å². The van der Waals surface area contributed by atoms with Gasteiger partial charge in [-0.1, -0.05) is 12.1 Å². The number of hydrogen-bond donors (Lipinski definition) is 1. The average molecular weight is 271 g/mol. The lowest BCUT2D eigenvalue weighted by molar-refractivity contribution is 0.199. The lowest BCUT2D eigenvalue weighted by atomic mass is 10.1. The third-order valence-electron chi connectivity index (χ3n) is 2.94. The number of aliphatic hydroxyl groups is 1. The van der Waals surface area contributed by atoms with Crippen LogP contribution in [0.3, 0.4) is 0 Å². The van der Waals surface area contributed by atoms with Gasteiger partial charge in [0.25, 0.3) is 0 Å². The Balaban J connectivity index is 2.09. The first kappa shape index (κ1) is 14.0. The van der Waals surface area contributed by atoms with Crippen LogP contribution in [0.1, 0.15) is 29.7 Å². The molecule has 2 aromatic carbocycles. The average Bonchev–Trinajstić information content (AvgIpc) is 2.45. The van der Waals surface area contributed by atoms with E-state index in [9.17, 15) is 9.50 Å². The van der Waals surface area contributed by atoms with Crippen molar-refractivity contribution in [1.82, 2.24) is 0 Å². The Labute approximate surface area is 116 Å².